The Kier molecular flexibility index (Phi) is 3.73. The van der Waals surface area contributed by atoms with Crippen LogP contribution < -0.4 is 21.3 Å². The number of nitrogens with one attached hydrogen (secondary N) is 2. The summed E-state index contributed by atoms with van der Waals surface area (Å²) < 4.78 is 5.45. The van der Waals surface area contributed by atoms with Gasteiger partial charge >= 0.3 is 6.01 Å². The van der Waals surface area contributed by atoms with E-state index in [4.69, 9.17) is 10.6 Å². The number of aromatic nitrogens is 3. The first kappa shape index (κ1) is 14.8. The topological polar surface area (TPSA) is 98.0 Å². The third-order valence-electron chi connectivity index (χ3n) is 4.47. The second-order valence-corrected chi connectivity index (χ2v) is 6.28. The van der Waals surface area contributed by atoms with Gasteiger partial charge in [-0.05, 0) is 17.3 Å². The monoisotopic (exact) mass is 280 g/mol. The molecule has 0 aliphatic heterocycles. The summed E-state index contributed by atoms with van der Waals surface area (Å²) in [5.74, 6) is 6.17. The zero-order valence-corrected chi connectivity index (χ0v) is 12.8. The average Bonchev–Trinajstić information content (AvgIpc) is 2.78. The number of hydrogen-bond acceptors (Lipinski definition) is 7. The van der Waals surface area contributed by atoms with Crippen LogP contribution in [0.25, 0.3) is 0 Å². The molecular formula is C13H24N6O. The Morgan fingerprint density at radius 2 is 1.70 bits per heavy atom. The van der Waals surface area contributed by atoms with E-state index in [1.54, 1.807) is 0 Å². The Morgan fingerprint density at radius 1 is 1.10 bits per heavy atom. The highest BCUT2D eigenvalue weighted by atomic mass is 16.5. The highest BCUT2D eigenvalue weighted by Gasteiger charge is 2.65. The molecular weight excluding hydrogens is 256 g/mol. The lowest BCUT2D eigenvalue weighted by Crippen LogP contribution is -2.17. The molecule has 0 amide bonds. The molecule has 20 heavy (non-hydrogen) atoms. The summed E-state index contributed by atoms with van der Waals surface area (Å²) in [6.07, 6.45) is 0.891. The van der Waals surface area contributed by atoms with Gasteiger partial charge in [-0.2, -0.15) is 15.0 Å². The standard InChI is InChI=1S/C13H24N6O/c1-6-7-20-11-17-9(16-10(18-11)19-14)15-8-12(2,3)13(8,4)5/h8H,6-7,14H2,1-5H3,(H2,15,16,17,18,19). The number of anilines is 2. The quantitative estimate of drug-likeness (QED) is 0.539. The molecule has 1 fully saturated rings. The van der Waals surface area contributed by atoms with Gasteiger partial charge in [0.15, 0.2) is 0 Å². The molecule has 112 valence electrons. The molecule has 0 spiro atoms. The predicted molar refractivity (Wildman–Crippen MR) is 78.4 cm³/mol. The van der Waals surface area contributed by atoms with E-state index < -0.39 is 0 Å². The summed E-state index contributed by atoms with van der Waals surface area (Å²) in [6.45, 7) is 11.5. The molecule has 0 bridgehead atoms. The summed E-state index contributed by atoms with van der Waals surface area (Å²) in [4.78, 5) is 12.6. The van der Waals surface area contributed by atoms with Crippen molar-refractivity contribution < 1.29 is 4.74 Å². The maximum absolute atomic E-state index is 5.45. The SMILES string of the molecule is CCCOc1nc(NN)nc(NC2C(C)(C)C2(C)C)n1. The molecule has 7 heteroatoms. The molecule has 1 aromatic rings. The predicted octanol–water partition coefficient (Wildman–Crippen LogP) is 1.79. The lowest BCUT2D eigenvalue weighted by atomic mass is 10.0. The molecule has 1 aliphatic rings. The first-order valence-electron chi connectivity index (χ1n) is 6.95. The van der Waals surface area contributed by atoms with Crippen LogP contribution in [0, 0.1) is 10.8 Å². The lowest BCUT2D eigenvalue weighted by Gasteiger charge is -2.10. The van der Waals surface area contributed by atoms with Crippen LogP contribution in [0.1, 0.15) is 41.0 Å². The fourth-order valence-electron chi connectivity index (χ4n) is 2.43. The van der Waals surface area contributed by atoms with E-state index in [2.05, 4.69) is 53.4 Å². The summed E-state index contributed by atoms with van der Waals surface area (Å²) >= 11 is 0. The summed E-state index contributed by atoms with van der Waals surface area (Å²) in [5, 5.41) is 3.35. The van der Waals surface area contributed by atoms with E-state index in [-0.39, 0.29) is 16.8 Å². The van der Waals surface area contributed by atoms with Crippen LogP contribution >= 0.6 is 0 Å². The zero-order chi connectivity index (χ0) is 15.0. The van der Waals surface area contributed by atoms with Crippen molar-refractivity contribution in [3.05, 3.63) is 0 Å². The first-order chi connectivity index (χ1) is 9.32. The molecule has 0 saturated heterocycles. The lowest BCUT2D eigenvalue weighted by molar-refractivity contribution is 0.292. The van der Waals surface area contributed by atoms with Gasteiger partial charge in [-0.15, -0.1) is 0 Å². The van der Waals surface area contributed by atoms with Crippen molar-refractivity contribution in [2.45, 2.75) is 47.1 Å². The van der Waals surface area contributed by atoms with Crippen molar-refractivity contribution in [1.82, 2.24) is 15.0 Å². The van der Waals surface area contributed by atoms with Gasteiger partial charge in [0.25, 0.3) is 0 Å². The number of nitrogen functional groups attached to an aromatic ring is 1. The zero-order valence-electron chi connectivity index (χ0n) is 12.8. The van der Waals surface area contributed by atoms with Crippen molar-refractivity contribution in [3.63, 3.8) is 0 Å². The maximum Gasteiger partial charge on any atom is 0.323 e. The normalized spacial score (nSPS) is 19.5. The molecule has 1 heterocycles. The van der Waals surface area contributed by atoms with Crippen molar-refractivity contribution in [3.8, 4) is 6.01 Å². The molecule has 2 rings (SSSR count). The number of nitrogens with two attached hydrogens (primary N) is 1. The van der Waals surface area contributed by atoms with Crippen molar-refractivity contribution in [1.29, 1.82) is 0 Å². The number of hydrogen-bond donors (Lipinski definition) is 3. The van der Waals surface area contributed by atoms with Crippen LogP contribution in [0.15, 0.2) is 0 Å². The van der Waals surface area contributed by atoms with Gasteiger partial charge in [0, 0.05) is 6.04 Å². The van der Waals surface area contributed by atoms with E-state index in [9.17, 15) is 0 Å². The number of rotatable bonds is 6. The number of ether oxygens (including phenoxy) is 1. The smallest absolute Gasteiger partial charge is 0.323 e. The Bertz CT molecular complexity index is 474. The van der Waals surface area contributed by atoms with Gasteiger partial charge in [-0.3, -0.25) is 5.43 Å². The third-order valence-corrected chi connectivity index (χ3v) is 4.47. The van der Waals surface area contributed by atoms with Crippen LogP contribution in [0.3, 0.4) is 0 Å². The van der Waals surface area contributed by atoms with Crippen molar-refractivity contribution in [2.75, 3.05) is 17.3 Å². The van der Waals surface area contributed by atoms with Gasteiger partial charge in [0.2, 0.25) is 11.9 Å². The second kappa shape index (κ2) is 5.05. The molecule has 0 atom stereocenters. The Labute approximate surface area is 119 Å². The molecule has 0 aromatic carbocycles. The second-order valence-electron chi connectivity index (χ2n) is 6.28. The largest absolute Gasteiger partial charge is 0.463 e. The minimum absolute atomic E-state index is 0.195. The van der Waals surface area contributed by atoms with Crippen LogP contribution in [0.4, 0.5) is 11.9 Å². The minimum atomic E-state index is 0.195. The van der Waals surface area contributed by atoms with Crippen LogP contribution in [-0.2, 0) is 0 Å². The van der Waals surface area contributed by atoms with Gasteiger partial charge in [-0.25, -0.2) is 5.84 Å². The Morgan fingerprint density at radius 3 is 2.20 bits per heavy atom. The summed E-state index contributed by atoms with van der Waals surface area (Å²) in [7, 11) is 0. The first-order valence-corrected chi connectivity index (χ1v) is 6.95. The highest BCUT2D eigenvalue weighted by molar-refractivity contribution is 5.40. The van der Waals surface area contributed by atoms with Gasteiger partial charge in [0.05, 0.1) is 6.61 Å². The third kappa shape index (κ3) is 2.49. The molecule has 4 N–H and O–H groups in total. The van der Waals surface area contributed by atoms with Gasteiger partial charge < -0.3 is 10.1 Å². The highest BCUT2D eigenvalue weighted by Crippen LogP contribution is 2.63. The van der Waals surface area contributed by atoms with Crippen LogP contribution in [0.5, 0.6) is 6.01 Å². The van der Waals surface area contributed by atoms with Crippen LogP contribution in [-0.4, -0.2) is 27.6 Å². The molecule has 0 radical (unpaired) electrons. The Hall–Kier alpha value is -1.63. The maximum atomic E-state index is 5.45. The fraction of sp³-hybridized carbons (Fsp3) is 0.769. The molecule has 0 unspecified atom stereocenters. The molecule has 1 saturated carbocycles. The summed E-state index contributed by atoms with van der Waals surface area (Å²) in [6, 6.07) is 0.593. The minimum Gasteiger partial charge on any atom is -0.463 e. The van der Waals surface area contributed by atoms with Gasteiger partial charge in [0.1, 0.15) is 0 Å². The molecule has 1 aliphatic carbocycles. The average molecular weight is 280 g/mol. The Balaban J connectivity index is 2.15. The summed E-state index contributed by atoms with van der Waals surface area (Å²) in [5.41, 5.74) is 2.83. The van der Waals surface area contributed by atoms with E-state index in [1.807, 2.05) is 6.92 Å². The fourth-order valence-corrected chi connectivity index (χ4v) is 2.43. The van der Waals surface area contributed by atoms with Crippen molar-refractivity contribution in [2.24, 2.45) is 16.7 Å². The van der Waals surface area contributed by atoms with Gasteiger partial charge in [-0.1, -0.05) is 34.6 Å². The molecule has 1 aromatic heterocycles. The van der Waals surface area contributed by atoms with E-state index in [0.717, 1.165) is 6.42 Å². The number of hydrazine groups is 1. The van der Waals surface area contributed by atoms with E-state index in [1.165, 1.54) is 0 Å². The number of nitrogens with zero attached hydrogens (tertiary/aromatic N) is 3. The van der Waals surface area contributed by atoms with E-state index in [0.29, 0.717) is 24.5 Å². The van der Waals surface area contributed by atoms with E-state index >= 15 is 0 Å². The van der Waals surface area contributed by atoms with Crippen molar-refractivity contribution >= 4 is 11.9 Å². The van der Waals surface area contributed by atoms with Crippen LogP contribution in [0.2, 0.25) is 0 Å². The molecule has 7 nitrogen and oxygen atoms in total.